The topological polar surface area (TPSA) is 99.1 Å². The predicted molar refractivity (Wildman–Crippen MR) is 110 cm³/mol. The minimum Gasteiger partial charge on any atom is -0.496 e. The van der Waals surface area contributed by atoms with E-state index in [1.54, 1.807) is 0 Å². The molecule has 0 unspecified atom stereocenters. The lowest BCUT2D eigenvalue weighted by Gasteiger charge is -2.45. The summed E-state index contributed by atoms with van der Waals surface area (Å²) in [6, 6.07) is 11.3. The van der Waals surface area contributed by atoms with Crippen molar-refractivity contribution in [3.63, 3.8) is 0 Å². The maximum atomic E-state index is 14.3. The van der Waals surface area contributed by atoms with Crippen LogP contribution in [0.5, 0.6) is 5.75 Å². The molecule has 1 heterocycles. The highest BCUT2D eigenvalue weighted by Crippen LogP contribution is 2.55. The molecule has 4 rings (SSSR count). The van der Waals surface area contributed by atoms with Gasteiger partial charge in [-0.05, 0) is 13.0 Å². The first-order valence-corrected chi connectivity index (χ1v) is 10.3. The second-order valence-corrected chi connectivity index (χ2v) is 7.69. The van der Waals surface area contributed by atoms with Crippen LogP contribution in [-0.4, -0.2) is 48.3 Å². The fourth-order valence-corrected chi connectivity index (χ4v) is 4.39. The fourth-order valence-electron chi connectivity index (χ4n) is 4.39. The molecule has 0 saturated carbocycles. The molecule has 2 aliphatic rings. The van der Waals surface area contributed by atoms with Gasteiger partial charge in [0.05, 0.1) is 19.3 Å². The number of halogens is 3. The monoisotopic (exact) mass is 476 g/mol. The number of hydrogen-bond acceptors (Lipinski definition) is 7. The molecule has 7 nitrogen and oxygen atoms in total. The molecule has 0 fully saturated rings. The first-order chi connectivity index (χ1) is 16.1. The number of para-hydroxylation sites is 1. The Morgan fingerprint density at radius 2 is 1.65 bits per heavy atom. The number of aliphatic hydroxyl groups is 1. The van der Waals surface area contributed by atoms with Gasteiger partial charge in [-0.25, -0.2) is 0 Å². The number of fused-ring (bicyclic) bond motifs is 1. The van der Waals surface area contributed by atoms with Gasteiger partial charge in [-0.15, -0.1) is 0 Å². The van der Waals surface area contributed by atoms with Crippen LogP contribution in [0, 0.1) is 5.92 Å². The normalized spacial score (nSPS) is 24.2. The van der Waals surface area contributed by atoms with Crippen molar-refractivity contribution >= 4 is 17.5 Å². The SMILES string of the molecule is CCOC(=O)[C@H]1[C@H](c2ccccc2OC)C2=C(O[C@]1(O)C(F)(F)F)C(=O)c1ccccc1C2=O. The number of ketones is 2. The molecule has 0 aromatic heterocycles. The first kappa shape index (κ1) is 23.5. The van der Waals surface area contributed by atoms with Crippen LogP contribution in [0.1, 0.15) is 39.1 Å². The van der Waals surface area contributed by atoms with E-state index in [0.717, 1.165) is 0 Å². The Hall–Kier alpha value is -3.66. The molecule has 2 aromatic carbocycles. The number of carbonyl (C=O) groups excluding carboxylic acids is 3. The van der Waals surface area contributed by atoms with Gasteiger partial charge in [0.2, 0.25) is 5.78 Å². The quantitative estimate of drug-likeness (QED) is 0.674. The van der Waals surface area contributed by atoms with Crippen molar-refractivity contribution < 1.29 is 46.9 Å². The van der Waals surface area contributed by atoms with Gasteiger partial charge in [0, 0.05) is 22.6 Å². The van der Waals surface area contributed by atoms with Crippen LogP contribution in [-0.2, 0) is 14.3 Å². The van der Waals surface area contributed by atoms with E-state index in [4.69, 9.17) is 14.2 Å². The van der Waals surface area contributed by atoms with Gasteiger partial charge >= 0.3 is 17.9 Å². The summed E-state index contributed by atoms with van der Waals surface area (Å²) in [7, 11) is 1.26. The van der Waals surface area contributed by atoms with Crippen LogP contribution in [0.25, 0.3) is 0 Å². The third kappa shape index (κ3) is 3.37. The largest absolute Gasteiger partial charge is 0.496 e. The van der Waals surface area contributed by atoms with E-state index in [9.17, 15) is 32.7 Å². The maximum Gasteiger partial charge on any atom is 0.456 e. The summed E-state index contributed by atoms with van der Waals surface area (Å²) in [5.74, 6) is -12.6. The van der Waals surface area contributed by atoms with Gasteiger partial charge in [-0.1, -0.05) is 42.5 Å². The summed E-state index contributed by atoms with van der Waals surface area (Å²) in [5, 5.41) is 10.9. The number of hydrogen-bond donors (Lipinski definition) is 1. The second-order valence-electron chi connectivity index (χ2n) is 7.69. The molecule has 34 heavy (non-hydrogen) atoms. The molecule has 3 atom stereocenters. The van der Waals surface area contributed by atoms with Gasteiger partial charge in [-0.2, -0.15) is 13.2 Å². The Balaban J connectivity index is 2.09. The number of benzene rings is 2. The summed E-state index contributed by atoms with van der Waals surface area (Å²) in [6.07, 6.45) is -5.54. The lowest BCUT2D eigenvalue weighted by molar-refractivity contribution is -0.375. The van der Waals surface area contributed by atoms with Crippen LogP contribution in [0.2, 0.25) is 0 Å². The number of Topliss-reactive ketones (excluding diaryl/α,β-unsaturated/α-hetero) is 2. The summed E-state index contributed by atoms with van der Waals surface area (Å²) in [5.41, 5.74) is -0.749. The van der Waals surface area contributed by atoms with Crippen LogP contribution in [0.15, 0.2) is 59.9 Å². The highest BCUT2D eigenvalue weighted by atomic mass is 19.4. The number of rotatable bonds is 4. The van der Waals surface area contributed by atoms with E-state index >= 15 is 0 Å². The molecule has 0 saturated heterocycles. The number of allylic oxidation sites excluding steroid dienone is 2. The van der Waals surface area contributed by atoms with Crippen molar-refractivity contribution in [3.05, 3.63) is 76.6 Å². The van der Waals surface area contributed by atoms with Gasteiger partial charge in [0.1, 0.15) is 11.7 Å². The average molecular weight is 476 g/mol. The van der Waals surface area contributed by atoms with Crippen LogP contribution < -0.4 is 4.74 Å². The minimum atomic E-state index is -5.54. The Morgan fingerprint density at radius 3 is 2.24 bits per heavy atom. The molecule has 10 heteroatoms. The molecule has 1 N–H and O–H groups in total. The van der Waals surface area contributed by atoms with Crippen molar-refractivity contribution in [1.29, 1.82) is 0 Å². The van der Waals surface area contributed by atoms with Crippen LogP contribution in [0.3, 0.4) is 0 Å². The number of alkyl halides is 3. The van der Waals surface area contributed by atoms with E-state index in [-0.39, 0.29) is 29.0 Å². The molecule has 0 spiro atoms. The standard InChI is InChI=1S/C24H19F3O7/c1-3-33-22(30)18-16(14-10-6-7-11-15(14)32-2)17-19(28)12-8-4-5-9-13(12)20(29)21(17)34-23(18,31)24(25,26)27/h4-11,16,18,31H,3H2,1-2H3/t16-,18-,23+/m1/s1. The van der Waals surface area contributed by atoms with Crippen molar-refractivity contribution in [2.75, 3.05) is 13.7 Å². The summed E-state index contributed by atoms with van der Waals surface area (Å²) in [6.45, 7) is 1.08. The second kappa shape index (κ2) is 8.28. The molecule has 1 aliphatic heterocycles. The molecule has 2 aromatic rings. The van der Waals surface area contributed by atoms with Crippen LogP contribution in [0.4, 0.5) is 13.2 Å². The third-order valence-corrected chi connectivity index (χ3v) is 5.86. The zero-order chi connectivity index (χ0) is 24.8. The third-order valence-electron chi connectivity index (χ3n) is 5.86. The van der Waals surface area contributed by atoms with Crippen molar-refractivity contribution in [2.24, 2.45) is 5.92 Å². The zero-order valence-electron chi connectivity index (χ0n) is 18.0. The van der Waals surface area contributed by atoms with E-state index in [1.807, 2.05) is 0 Å². The van der Waals surface area contributed by atoms with E-state index in [0.29, 0.717) is 0 Å². The molecule has 178 valence electrons. The number of ether oxygens (including phenoxy) is 3. The van der Waals surface area contributed by atoms with Crippen molar-refractivity contribution in [3.8, 4) is 5.75 Å². The van der Waals surface area contributed by atoms with Crippen LogP contribution >= 0.6 is 0 Å². The minimum absolute atomic E-state index is 0.0259. The Morgan fingerprint density at radius 1 is 1.06 bits per heavy atom. The smallest absolute Gasteiger partial charge is 0.456 e. The maximum absolute atomic E-state index is 14.3. The van der Waals surface area contributed by atoms with E-state index < -0.39 is 52.7 Å². The van der Waals surface area contributed by atoms with Gasteiger partial charge in [-0.3, -0.25) is 14.4 Å². The molecule has 0 amide bonds. The number of carbonyl (C=O) groups is 3. The molecule has 0 bridgehead atoms. The van der Waals surface area contributed by atoms with E-state index in [2.05, 4.69) is 0 Å². The molecule has 0 radical (unpaired) electrons. The number of esters is 1. The Bertz CT molecular complexity index is 1220. The zero-order valence-corrected chi connectivity index (χ0v) is 18.0. The average Bonchev–Trinajstić information content (AvgIpc) is 2.81. The Kier molecular flexibility index (Phi) is 5.72. The lowest BCUT2D eigenvalue weighted by Crippen LogP contribution is -2.61. The summed E-state index contributed by atoms with van der Waals surface area (Å²) < 4.78 is 57.9. The molecular weight excluding hydrogens is 457 g/mol. The fraction of sp³-hybridized carbons (Fsp3) is 0.292. The van der Waals surface area contributed by atoms with Crippen molar-refractivity contribution in [1.82, 2.24) is 0 Å². The summed E-state index contributed by atoms with van der Waals surface area (Å²) in [4.78, 5) is 39.6. The number of methoxy groups -OCH3 is 1. The predicted octanol–water partition coefficient (Wildman–Crippen LogP) is 3.57. The van der Waals surface area contributed by atoms with Gasteiger partial charge in [0.15, 0.2) is 11.5 Å². The molecule has 1 aliphatic carbocycles. The Labute approximate surface area is 191 Å². The van der Waals surface area contributed by atoms with E-state index in [1.165, 1.54) is 62.6 Å². The lowest BCUT2D eigenvalue weighted by atomic mass is 9.68. The molecular formula is C24H19F3O7. The van der Waals surface area contributed by atoms with Gasteiger partial charge in [0.25, 0.3) is 0 Å². The van der Waals surface area contributed by atoms with Gasteiger partial charge < -0.3 is 19.3 Å². The van der Waals surface area contributed by atoms with Crippen molar-refractivity contribution in [2.45, 2.75) is 24.8 Å². The highest BCUT2D eigenvalue weighted by molar-refractivity contribution is 6.27. The summed E-state index contributed by atoms with van der Waals surface area (Å²) >= 11 is 0. The highest BCUT2D eigenvalue weighted by Gasteiger charge is 2.71. The first-order valence-electron chi connectivity index (χ1n) is 10.3.